The van der Waals surface area contributed by atoms with Crippen molar-refractivity contribution < 1.29 is 0 Å². The van der Waals surface area contributed by atoms with Gasteiger partial charge in [-0.15, -0.1) is 0 Å². The van der Waals surface area contributed by atoms with E-state index in [2.05, 4.69) is 86.4 Å². The third-order valence-electron chi connectivity index (χ3n) is 3.64. The first-order valence-corrected chi connectivity index (χ1v) is 7.27. The molecular weight excluding hydrogens is 252 g/mol. The Bertz CT molecular complexity index is 764. The molecular formula is C21H18. The molecule has 0 heteroatoms. The molecule has 0 amide bonds. The summed E-state index contributed by atoms with van der Waals surface area (Å²) in [7, 11) is 0. The Labute approximate surface area is 126 Å². The molecule has 21 heavy (non-hydrogen) atoms. The first kappa shape index (κ1) is 13.5. The van der Waals surface area contributed by atoms with E-state index in [-0.39, 0.29) is 0 Å². The van der Waals surface area contributed by atoms with E-state index in [4.69, 9.17) is 0 Å². The maximum absolute atomic E-state index is 3.26. The summed E-state index contributed by atoms with van der Waals surface area (Å²) in [6, 6.07) is 8.32. The van der Waals surface area contributed by atoms with Crippen LogP contribution in [-0.2, 0) is 0 Å². The Kier molecular flexibility index (Phi) is 3.75. The summed E-state index contributed by atoms with van der Waals surface area (Å²) in [5, 5.41) is 0. The van der Waals surface area contributed by atoms with E-state index in [1.807, 2.05) is 0 Å². The molecule has 0 aliphatic heterocycles. The van der Waals surface area contributed by atoms with Crippen LogP contribution >= 0.6 is 0 Å². The first-order valence-electron chi connectivity index (χ1n) is 7.27. The Morgan fingerprint density at radius 1 is 0.905 bits per heavy atom. The second kappa shape index (κ2) is 5.85. The van der Waals surface area contributed by atoms with Gasteiger partial charge in [-0.1, -0.05) is 65.5 Å². The van der Waals surface area contributed by atoms with E-state index in [0.717, 1.165) is 17.6 Å². The molecule has 0 radical (unpaired) electrons. The molecule has 3 rings (SSSR count). The molecule has 2 aliphatic carbocycles. The SMILES string of the molecule is CC1=C/C2=C/C=C(C#Cc3ccc(C)cc3)\C=C/CC2=C1. The van der Waals surface area contributed by atoms with E-state index in [9.17, 15) is 0 Å². The summed E-state index contributed by atoms with van der Waals surface area (Å²) < 4.78 is 0. The van der Waals surface area contributed by atoms with E-state index >= 15 is 0 Å². The van der Waals surface area contributed by atoms with Gasteiger partial charge >= 0.3 is 0 Å². The molecule has 0 saturated carbocycles. The molecule has 0 saturated heterocycles. The van der Waals surface area contributed by atoms with Crippen molar-refractivity contribution in [1.82, 2.24) is 0 Å². The highest BCUT2D eigenvalue weighted by Crippen LogP contribution is 2.27. The third-order valence-corrected chi connectivity index (χ3v) is 3.64. The van der Waals surface area contributed by atoms with Crippen LogP contribution in [0.15, 0.2) is 83.0 Å². The Balaban J connectivity index is 1.86. The maximum Gasteiger partial charge on any atom is 0.0249 e. The minimum atomic E-state index is 0.975. The zero-order valence-electron chi connectivity index (χ0n) is 12.5. The molecule has 102 valence electrons. The number of allylic oxidation sites excluding steroid dienone is 10. The first-order chi connectivity index (χ1) is 10.2. The summed E-state index contributed by atoms with van der Waals surface area (Å²) in [6.45, 7) is 4.23. The van der Waals surface area contributed by atoms with E-state index in [1.54, 1.807) is 0 Å². The van der Waals surface area contributed by atoms with Crippen molar-refractivity contribution in [2.45, 2.75) is 20.3 Å². The standard InChI is InChI=1S/C21H18/c1-16-6-8-19(9-7-16)11-10-18-4-3-5-20-14-17(2)15-21(20)13-12-18/h3-4,6-9,12-15H,5H2,1-2H3/b4-3-,18-12+,21-13-. The molecule has 2 aliphatic rings. The average molecular weight is 270 g/mol. The fourth-order valence-corrected chi connectivity index (χ4v) is 2.48. The highest BCUT2D eigenvalue weighted by molar-refractivity contribution is 5.57. The van der Waals surface area contributed by atoms with Crippen LogP contribution in [0.2, 0.25) is 0 Å². The topological polar surface area (TPSA) is 0 Å². The molecule has 0 N–H and O–H groups in total. The number of hydrogen-bond donors (Lipinski definition) is 0. The number of rotatable bonds is 0. The van der Waals surface area contributed by atoms with Gasteiger partial charge in [-0.3, -0.25) is 0 Å². The van der Waals surface area contributed by atoms with E-state index < -0.39 is 0 Å². The maximum atomic E-state index is 3.26. The second-order valence-corrected chi connectivity index (χ2v) is 5.52. The van der Waals surface area contributed by atoms with Gasteiger partial charge < -0.3 is 0 Å². The summed E-state index contributed by atoms with van der Waals surface area (Å²) in [6.07, 6.45) is 14.1. The van der Waals surface area contributed by atoms with Crippen molar-refractivity contribution in [3.05, 3.63) is 94.1 Å². The second-order valence-electron chi connectivity index (χ2n) is 5.52. The van der Waals surface area contributed by atoms with Gasteiger partial charge in [-0.25, -0.2) is 0 Å². The summed E-state index contributed by atoms with van der Waals surface area (Å²) >= 11 is 0. The normalized spacial score (nSPS) is 23.0. The van der Waals surface area contributed by atoms with Crippen LogP contribution in [-0.4, -0.2) is 0 Å². The van der Waals surface area contributed by atoms with Gasteiger partial charge in [-0.05, 0) is 49.6 Å². The molecule has 0 spiro atoms. The highest BCUT2D eigenvalue weighted by Gasteiger charge is 2.08. The third kappa shape index (κ3) is 3.33. The largest absolute Gasteiger partial charge is 0.0789 e. The Morgan fingerprint density at radius 2 is 1.71 bits per heavy atom. The van der Waals surface area contributed by atoms with Gasteiger partial charge in [0, 0.05) is 11.1 Å². The van der Waals surface area contributed by atoms with Crippen LogP contribution in [0.3, 0.4) is 0 Å². The van der Waals surface area contributed by atoms with E-state index in [0.29, 0.717) is 0 Å². The number of fused-ring (bicyclic) bond motifs is 1. The molecule has 1 aromatic carbocycles. The van der Waals surface area contributed by atoms with Crippen LogP contribution in [0.25, 0.3) is 0 Å². The molecule has 0 nitrogen and oxygen atoms in total. The number of benzene rings is 1. The molecule has 1 aromatic rings. The van der Waals surface area contributed by atoms with Gasteiger partial charge in [-0.2, -0.15) is 0 Å². The summed E-state index contributed by atoms with van der Waals surface area (Å²) in [5.41, 5.74) is 7.41. The predicted octanol–water partition coefficient (Wildman–Crippen LogP) is 5.05. The summed E-state index contributed by atoms with van der Waals surface area (Å²) in [4.78, 5) is 0. The van der Waals surface area contributed by atoms with Crippen molar-refractivity contribution in [3.8, 4) is 11.8 Å². The highest BCUT2D eigenvalue weighted by atomic mass is 14.1. The fourth-order valence-electron chi connectivity index (χ4n) is 2.48. The molecule has 0 fully saturated rings. The van der Waals surface area contributed by atoms with Crippen molar-refractivity contribution in [2.75, 3.05) is 0 Å². The lowest BCUT2D eigenvalue weighted by molar-refractivity contribution is 1.25. The molecule has 0 atom stereocenters. The lowest BCUT2D eigenvalue weighted by Crippen LogP contribution is -1.85. The molecule has 0 heterocycles. The fraction of sp³-hybridized carbons (Fsp3) is 0.143. The smallest absolute Gasteiger partial charge is 0.0249 e. The predicted molar refractivity (Wildman–Crippen MR) is 89.8 cm³/mol. The van der Waals surface area contributed by atoms with Gasteiger partial charge in [0.25, 0.3) is 0 Å². The number of hydrogen-bond acceptors (Lipinski definition) is 0. The lowest BCUT2D eigenvalue weighted by atomic mass is 10.0. The Hall–Kier alpha value is -2.52. The Morgan fingerprint density at radius 3 is 2.52 bits per heavy atom. The zero-order chi connectivity index (χ0) is 14.7. The monoisotopic (exact) mass is 270 g/mol. The molecule has 0 unspecified atom stereocenters. The lowest BCUT2D eigenvalue weighted by Gasteiger charge is -2.03. The average Bonchev–Trinajstić information content (AvgIpc) is 2.80. The quantitative estimate of drug-likeness (QED) is 0.579. The van der Waals surface area contributed by atoms with Crippen LogP contribution in [0.1, 0.15) is 24.5 Å². The minimum absolute atomic E-state index is 0.975. The molecule has 0 aromatic heterocycles. The van der Waals surface area contributed by atoms with Gasteiger partial charge in [0.1, 0.15) is 0 Å². The van der Waals surface area contributed by atoms with Crippen molar-refractivity contribution in [2.24, 2.45) is 0 Å². The molecule has 0 bridgehead atoms. The van der Waals surface area contributed by atoms with Crippen molar-refractivity contribution in [3.63, 3.8) is 0 Å². The van der Waals surface area contributed by atoms with Crippen molar-refractivity contribution in [1.29, 1.82) is 0 Å². The van der Waals surface area contributed by atoms with Crippen LogP contribution in [0.4, 0.5) is 0 Å². The van der Waals surface area contributed by atoms with E-state index in [1.165, 1.54) is 22.3 Å². The van der Waals surface area contributed by atoms with Gasteiger partial charge in [0.15, 0.2) is 0 Å². The van der Waals surface area contributed by atoms with Gasteiger partial charge in [0.2, 0.25) is 0 Å². The van der Waals surface area contributed by atoms with Crippen molar-refractivity contribution >= 4 is 0 Å². The minimum Gasteiger partial charge on any atom is -0.0789 e. The zero-order valence-corrected chi connectivity index (χ0v) is 12.5. The van der Waals surface area contributed by atoms with Crippen LogP contribution < -0.4 is 0 Å². The summed E-state index contributed by atoms with van der Waals surface area (Å²) in [5.74, 6) is 6.49. The van der Waals surface area contributed by atoms with Crippen LogP contribution in [0.5, 0.6) is 0 Å². The van der Waals surface area contributed by atoms with Gasteiger partial charge in [0.05, 0.1) is 0 Å². The number of aryl methyl sites for hydroxylation is 1. The van der Waals surface area contributed by atoms with Crippen LogP contribution in [0, 0.1) is 18.8 Å².